The van der Waals surface area contributed by atoms with Crippen molar-refractivity contribution in [1.29, 1.82) is 0 Å². The van der Waals surface area contributed by atoms with Gasteiger partial charge in [0.2, 0.25) is 5.91 Å². The lowest BCUT2D eigenvalue weighted by molar-refractivity contribution is -0.117. The van der Waals surface area contributed by atoms with Crippen LogP contribution in [0.3, 0.4) is 0 Å². The third-order valence-corrected chi connectivity index (χ3v) is 4.79. The minimum Gasteiger partial charge on any atom is -0.325 e. The maximum Gasteiger partial charge on any atom is 0.238 e. The van der Waals surface area contributed by atoms with Crippen LogP contribution in [-0.4, -0.2) is 68.6 Å². The Morgan fingerprint density at radius 2 is 1.54 bits per heavy atom. The average Bonchev–Trinajstić information content (AvgIpc) is 3.19. The molecule has 3 aromatic rings. The number of tetrazole rings is 1. The molecule has 1 amide bonds. The molecular formula is C20H23N7O. The van der Waals surface area contributed by atoms with E-state index >= 15 is 0 Å². The summed E-state index contributed by atoms with van der Waals surface area (Å²) in [6.45, 7) is 4.53. The van der Waals surface area contributed by atoms with E-state index in [9.17, 15) is 4.79 Å². The predicted octanol–water partition coefficient (Wildman–Crippen LogP) is 1.42. The number of hydrogen-bond acceptors (Lipinski definition) is 6. The second-order valence-electron chi connectivity index (χ2n) is 6.81. The summed E-state index contributed by atoms with van der Waals surface area (Å²) in [6, 6.07) is 19.4. The second-order valence-corrected chi connectivity index (χ2v) is 6.81. The number of aromatic nitrogens is 4. The summed E-state index contributed by atoms with van der Waals surface area (Å²) >= 11 is 0. The summed E-state index contributed by atoms with van der Waals surface area (Å²) < 4.78 is 1.78. The van der Waals surface area contributed by atoms with Crippen molar-refractivity contribution in [2.45, 2.75) is 6.54 Å². The highest BCUT2D eigenvalue weighted by molar-refractivity contribution is 5.92. The van der Waals surface area contributed by atoms with E-state index in [2.05, 4.69) is 30.6 Å². The van der Waals surface area contributed by atoms with E-state index in [1.807, 2.05) is 60.7 Å². The normalized spacial score (nSPS) is 15.4. The lowest BCUT2D eigenvalue weighted by Gasteiger charge is -2.33. The van der Waals surface area contributed by atoms with Crippen molar-refractivity contribution in [2.75, 3.05) is 38.0 Å². The Morgan fingerprint density at radius 1 is 0.893 bits per heavy atom. The molecule has 0 saturated carbocycles. The van der Waals surface area contributed by atoms with Gasteiger partial charge in [-0.1, -0.05) is 36.4 Å². The molecule has 1 fully saturated rings. The Labute approximate surface area is 163 Å². The van der Waals surface area contributed by atoms with Crippen LogP contribution in [0.1, 0.15) is 5.82 Å². The first kappa shape index (κ1) is 18.3. The standard InChI is InChI=1S/C20H23N7O/c28-20(21-17-7-3-1-4-8-17)16-26-13-11-25(12-14-26)15-19-22-23-24-27(19)18-9-5-2-6-10-18/h1-10H,11-16H2,(H,21,28). The van der Waals surface area contributed by atoms with E-state index in [4.69, 9.17) is 0 Å². The summed E-state index contributed by atoms with van der Waals surface area (Å²) in [5.41, 5.74) is 1.79. The topological polar surface area (TPSA) is 79.2 Å². The number of para-hydroxylation sites is 2. The monoisotopic (exact) mass is 377 g/mol. The van der Waals surface area contributed by atoms with Gasteiger partial charge in [0.05, 0.1) is 18.8 Å². The quantitative estimate of drug-likeness (QED) is 0.700. The summed E-state index contributed by atoms with van der Waals surface area (Å²) in [6.07, 6.45) is 0. The Kier molecular flexibility index (Phi) is 5.69. The van der Waals surface area contributed by atoms with Crippen LogP contribution in [0.5, 0.6) is 0 Å². The lowest BCUT2D eigenvalue weighted by Crippen LogP contribution is -2.48. The number of carbonyl (C=O) groups is 1. The van der Waals surface area contributed by atoms with Crippen molar-refractivity contribution in [3.8, 4) is 5.69 Å². The first-order valence-corrected chi connectivity index (χ1v) is 9.40. The first-order chi connectivity index (χ1) is 13.8. The predicted molar refractivity (Wildman–Crippen MR) is 106 cm³/mol. The fourth-order valence-corrected chi connectivity index (χ4v) is 3.30. The molecule has 1 aliphatic heterocycles. The summed E-state index contributed by atoms with van der Waals surface area (Å²) in [4.78, 5) is 16.7. The molecule has 8 nitrogen and oxygen atoms in total. The molecule has 0 bridgehead atoms. The molecule has 28 heavy (non-hydrogen) atoms. The third-order valence-electron chi connectivity index (χ3n) is 4.79. The Hall–Kier alpha value is -3.10. The van der Waals surface area contributed by atoms with Crippen molar-refractivity contribution in [2.24, 2.45) is 0 Å². The van der Waals surface area contributed by atoms with Crippen molar-refractivity contribution in [1.82, 2.24) is 30.0 Å². The molecule has 2 aromatic carbocycles. The number of carbonyl (C=O) groups excluding carboxylic acids is 1. The average molecular weight is 377 g/mol. The van der Waals surface area contributed by atoms with Crippen LogP contribution in [0, 0.1) is 0 Å². The zero-order valence-corrected chi connectivity index (χ0v) is 15.6. The third kappa shape index (κ3) is 4.59. The number of amides is 1. The summed E-state index contributed by atoms with van der Waals surface area (Å²) in [5.74, 6) is 0.842. The zero-order valence-electron chi connectivity index (χ0n) is 15.6. The fraction of sp³-hybridized carbons (Fsp3) is 0.300. The number of nitrogens with one attached hydrogen (secondary N) is 1. The van der Waals surface area contributed by atoms with Crippen LogP contribution in [0.2, 0.25) is 0 Å². The first-order valence-electron chi connectivity index (χ1n) is 9.40. The highest BCUT2D eigenvalue weighted by atomic mass is 16.2. The molecule has 0 aliphatic carbocycles. The summed E-state index contributed by atoms with van der Waals surface area (Å²) in [7, 11) is 0. The van der Waals surface area contributed by atoms with Crippen LogP contribution in [0.15, 0.2) is 60.7 Å². The van der Waals surface area contributed by atoms with E-state index in [0.717, 1.165) is 43.4 Å². The molecule has 4 rings (SSSR count). The zero-order chi connectivity index (χ0) is 19.2. The van der Waals surface area contributed by atoms with Gasteiger partial charge in [0.25, 0.3) is 0 Å². The minimum atomic E-state index is 0.0210. The molecule has 1 saturated heterocycles. The van der Waals surface area contributed by atoms with E-state index in [0.29, 0.717) is 13.1 Å². The number of anilines is 1. The van der Waals surface area contributed by atoms with E-state index in [-0.39, 0.29) is 5.91 Å². The SMILES string of the molecule is O=C(CN1CCN(Cc2nnnn2-c2ccccc2)CC1)Nc1ccccc1. The summed E-state index contributed by atoms with van der Waals surface area (Å²) in [5, 5.41) is 15.1. The van der Waals surface area contributed by atoms with Crippen LogP contribution >= 0.6 is 0 Å². The van der Waals surface area contributed by atoms with Crippen LogP contribution in [0.4, 0.5) is 5.69 Å². The Balaban J connectivity index is 1.27. The van der Waals surface area contributed by atoms with Crippen molar-refractivity contribution < 1.29 is 4.79 Å². The number of nitrogens with zero attached hydrogens (tertiary/aromatic N) is 6. The molecule has 1 N–H and O–H groups in total. The number of rotatable bonds is 6. The fourth-order valence-electron chi connectivity index (χ4n) is 3.30. The highest BCUT2D eigenvalue weighted by Crippen LogP contribution is 2.11. The van der Waals surface area contributed by atoms with E-state index in [1.165, 1.54) is 0 Å². The van der Waals surface area contributed by atoms with Gasteiger partial charge in [-0.2, -0.15) is 4.68 Å². The van der Waals surface area contributed by atoms with Gasteiger partial charge in [0.1, 0.15) is 0 Å². The maximum absolute atomic E-state index is 12.2. The number of hydrogen-bond donors (Lipinski definition) is 1. The van der Waals surface area contributed by atoms with Crippen molar-refractivity contribution in [3.63, 3.8) is 0 Å². The molecule has 1 aromatic heterocycles. The molecule has 8 heteroatoms. The maximum atomic E-state index is 12.2. The van der Waals surface area contributed by atoms with Crippen LogP contribution < -0.4 is 5.32 Å². The van der Waals surface area contributed by atoms with E-state index in [1.54, 1.807) is 4.68 Å². The van der Waals surface area contributed by atoms with Gasteiger partial charge >= 0.3 is 0 Å². The molecular weight excluding hydrogens is 354 g/mol. The van der Waals surface area contributed by atoms with Gasteiger partial charge in [0.15, 0.2) is 5.82 Å². The van der Waals surface area contributed by atoms with Crippen LogP contribution in [-0.2, 0) is 11.3 Å². The molecule has 144 valence electrons. The van der Waals surface area contributed by atoms with Crippen LogP contribution in [0.25, 0.3) is 5.69 Å². The molecule has 0 radical (unpaired) electrons. The van der Waals surface area contributed by atoms with Gasteiger partial charge < -0.3 is 5.32 Å². The minimum absolute atomic E-state index is 0.0210. The molecule has 0 spiro atoms. The molecule has 1 aliphatic rings. The van der Waals surface area contributed by atoms with Gasteiger partial charge in [-0.25, -0.2) is 0 Å². The second kappa shape index (κ2) is 8.73. The Bertz CT molecular complexity index is 889. The smallest absolute Gasteiger partial charge is 0.238 e. The van der Waals surface area contributed by atoms with Crippen molar-refractivity contribution >= 4 is 11.6 Å². The van der Waals surface area contributed by atoms with E-state index < -0.39 is 0 Å². The Morgan fingerprint density at radius 3 is 2.25 bits per heavy atom. The van der Waals surface area contributed by atoms with Gasteiger partial charge in [-0.05, 0) is 34.7 Å². The molecule has 2 heterocycles. The van der Waals surface area contributed by atoms with Crippen molar-refractivity contribution in [3.05, 3.63) is 66.5 Å². The number of piperazine rings is 1. The van der Waals surface area contributed by atoms with Gasteiger partial charge in [-0.15, -0.1) is 5.10 Å². The number of benzene rings is 2. The molecule has 0 atom stereocenters. The largest absolute Gasteiger partial charge is 0.325 e. The highest BCUT2D eigenvalue weighted by Gasteiger charge is 2.21. The van der Waals surface area contributed by atoms with Gasteiger partial charge in [-0.3, -0.25) is 14.6 Å². The van der Waals surface area contributed by atoms with Gasteiger partial charge in [0, 0.05) is 31.9 Å². The molecule has 0 unspecified atom stereocenters. The lowest BCUT2D eigenvalue weighted by atomic mass is 10.3.